The zero-order valence-electron chi connectivity index (χ0n) is 41.9. The highest BCUT2D eigenvalue weighted by atomic mass is 19.1. The number of carbonyl (C=O) groups excluding carboxylic acids is 4. The molecule has 3 aromatic carbocycles. The molecule has 0 aliphatic carbocycles. The number of aromatic amines is 2. The van der Waals surface area contributed by atoms with Gasteiger partial charge in [0.1, 0.15) is 46.6 Å². The van der Waals surface area contributed by atoms with E-state index in [4.69, 9.17) is 28.9 Å². The largest absolute Gasteiger partial charge is 0.488 e. The maximum Gasteiger partial charge on any atom is 0.407 e. The van der Waals surface area contributed by atoms with Gasteiger partial charge >= 0.3 is 12.2 Å². The molecular formula is C54H62FN9O8. The van der Waals surface area contributed by atoms with Gasteiger partial charge in [-0.25, -0.2) is 23.9 Å². The van der Waals surface area contributed by atoms with E-state index in [1.54, 1.807) is 22.2 Å². The Morgan fingerprint density at radius 1 is 0.764 bits per heavy atom. The summed E-state index contributed by atoms with van der Waals surface area (Å²) in [5, 5.41) is 6.25. The van der Waals surface area contributed by atoms with E-state index >= 15 is 4.39 Å². The molecule has 3 aromatic heterocycles. The number of nitrogens with zero attached hydrogens (tertiary/aromatic N) is 5. The molecule has 378 valence electrons. The van der Waals surface area contributed by atoms with Crippen LogP contribution in [0.1, 0.15) is 115 Å². The summed E-state index contributed by atoms with van der Waals surface area (Å²) in [6, 6.07) is 15.3. The first-order chi connectivity index (χ1) is 34.5. The van der Waals surface area contributed by atoms with Crippen LogP contribution >= 0.6 is 0 Å². The summed E-state index contributed by atoms with van der Waals surface area (Å²) in [5.74, 6) is 1.11. The average Bonchev–Trinajstić information content (AvgIpc) is 4.22. The number of likely N-dealkylation sites (tertiary alicyclic amines) is 2. The van der Waals surface area contributed by atoms with Crippen molar-refractivity contribution in [3.05, 3.63) is 95.6 Å². The molecule has 6 aromatic rings. The first kappa shape index (κ1) is 48.3. The van der Waals surface area contributed by atoms with Crippen LogP contribution in [0.15, 0.2) is 67.0 Å². The minimum absolute atomic E-state index is 0.161. The summed E-state index contributed by atoms with van der Waals surface area (Å²) >= 11 is 0. The Labute approximate surface area is 417 Å². The molecule has 10 rings (SSSR count). The number of nitrogens with one attached hydrogen (secondary N) is 4. The third-order valence-corrected chi connectivity index (χ3v) is 14.7. The fraction of sp³-hybridized carbons (Fsp3) is 0.444. The first-order valence-corrected chi connectivity index (χ1v) is 24.9. The van der Waals surface area contributed by atoms with Crippen LogP contribution in [-0.2, 0) is 25.5 Å². The summed E-state index contributed by atoms with van der Waals surface area (Å²) in [7, 11) is 2.54. The number of amides is 4. The van der Waals surface area contributed by atoms with Crippen LogP contribution in [0.2, 0.25) is 0 Å². The van der Waals surface area contributed by atoms with Crippen LogP contribution in [0.3, 0.4) is 0 Å². The summed E-state index contributed by atoms with van der Waals surface area (Å²) in [4.78, 5) is 72.0. The topological polar surface area (TPSA) is 198 Å². The number of aryl methyl sites for hydroxylation is 1. The molecule has 2 saturated heterocycles. The minimum Gasteiger partial charge on any atom is -0.488 e. The summed E-state index contributed by atoms with van der Waals surface area (Å²) in [5.41, 5.74) is 6.05. The third kappa shape index (κ3) is 8.88. The maximum atomic E-state index is 17.1. The maximum absolute atomic E-state index is 17.1. The van der Waals surface area contributed by atoms with Gasteiger partial charge in [0.05, 0.1) is 66.9 Å². The number of imidazole rings is 2. The van der Waals surface area contributed by atoms with Crippen molar-refractivity contribution >= 4 is 34.9 Å². The average molecular weight is 984 g/mol. The zero-order valence-corrected chi connectivity index (χ0v) is 41.9. The van der Waals surface area contributed by atoms with E-state index < -0.39 is 36.3 Å². The van der Waals surface area contributed by atoms with Gasteiger partial charge in [-0.05, 0) is 106 Å². The van der Waals surface area contributed by atoms with E-state index in [0.29, 0.717) is 65.8 Å². The van der Waals surface area contributed by atoms with E-state index in [2.05, 4.69) is 46.6 Å². The normalized spacial score (nSPS) is 19.8. The highest BCUT2D eigenvalue weighted by Crippen LogP contribution is 2.48. The number of alkyl carbamates (subject to hydrolysis) is 2. The Bertz CT molecular complexity index is 3080. The van der Waals surface area contributed by atoms with E-state index in [-0.39, 0.29) is 41.3 Å². The summed E-state index contributed by atoms with van der Waals surface area (Å²) in [6.45, 7) is 12.7. The molecule has 0 radical (unpaired) electrons. The molecule has 18 heteroatoms. The molecule has 4 aliphatic rings. The highest BCUT2D eigenvalue weighted by molar-refractivity contribution is 5.93. The predicted octanol–water partition coefficient (Wildman–Crippen LogP) is 9.36. The van der Waals surface area contributed by atoms with Gasteiger partial charge in [-0.15, -0.1) is 0 Å². The Morgan fingerprint density at radius 2 is 1.36 bits per heavy atom. The molecule has 4 aliphatic heterocycles. The quantitative estimate of drug-likeness (QED) is 0.0971. The molecule has 0 spiro atoms. The second kappa shape index (κ2) is 19.0. The van der Waals surface area contributed by atoms with Gasteiger partial charge in [0.2, 0.25) is 18.0 Å². The number of halogens is 1. The lowest BCUT2D eigenvalue weighted by molar-refractivity contribution is -0.136. The fourth-order valence-corrected chi connectivity index (χ4v) is 10.8. The molecule has 0 bridgehead atoms. The Hall–Kier alpha value is -7.37. The van der Waals surface area contributed by atoms with Gasteiger partial charge in [0.25, 0.3) is 0 Å². The van der Waals surface area contributed by atoms with Crippen molar-refractivity contribution in [2.75, 3.05) is 27.3 Å². The number of methoxy groups -OCH3 is 2. The second-order valence-corrected chi connectivity index (χ2v) is 20.7. The monoisotopic (exact) mass is 983 g/mol. The number of benzene rings is 3. The predicted molar refractivity (Wildman–Crippen MR) is 266 cm³/mol. The van der Waals surface area contributed by atoms with Gasteiger partial charge in [0.15, 0.2) is 0 Å². The highest BCUT2D eigenvalue weighted by Gasteiger charge is 2.40. The first-order valence-electron chi connectivity index (χ1n) is 24.9. The van der Waals surface area contributed by atoms with Crippen molar-refractivity contribution in [3.63, 3.8) is 0 Å². The van der Waals surface area contributed by atoms with Crippen molar-refractivity contribution in [1.82, 2.24) is 44.9 Å². The van der Waals surface area contributed by atoms with Crippen LogP contribution in [0.25, 0.3) is 44.7 Å². The number of rotatable bonds is 11. The Kier molecular flexibility index (Phi) is 12.7. The SMILES string of the molecule is COC(=O)N[C@H](C(=O)N1CCC[C@H]1c1ncc(-c2cc(F)c3c(c2)OC(c2ccc4c(c2)OC(C)(C)CC4)n2c-3cc3cc(-c4cnc([C@@H]5CCCN5C(=O)[C@@H](NC(=O)OC)C(C)C)[nH]4)ccc32)[nH]1)C(C)C. The number of hydrogen-bond donors (Lipinski definition) is 4. The number of hydrogen-bond acceptors (Lipinski definition) is 10. The molecule has 4 amide bonds. The smallest absolute Gasteiger partial charge is 0.407 e. The molecule has 72 heavy (non-hydrogen) atoms. The molecular weight excluding hydrogens is 922 g/mol. The fourth-order valence-electron chi connectivity index (χ4n) is 10.8. The molecule has 1 unspecified atom stereocenters. The molecule has 7 heterocycles. The van der Waals surface area contributed by atoms with Gasteiger partial charge < -0.3 is 53.9 Å². The van der Waals surface area contributed by atoms with Crippen molar-refractivity contribution < 1.29 is 42.5 Å². The lowest BCUT2D eigenvalue weighted by Crippen LogP contribution is -2.51. The van der Waals surface area contributed by atoms with Crippen LogP contribution < -0.4 is 20.1 Å². The number of carbonyl (C=O) groups is 4. The van der Waals surface area contributed by atoms with Crippen LogP contribution in [-0.4, -0.2) is 103 Å². The molecule has 0 saturated carbocycles. The summed E-state index contributed by atoms with van der Waals surface area (Å²) in [6.07, 6.45) is 6.07. The number of ether oxygens (including phenoxy) is 4. The van der Waals surface area contributed by atoms with Crippen LogP contribution in [0.4, 0.5) is 14.0 Å². The molecule has 2 fully saturated rings. The van der Waals surface area contributed by atoms with Crippen molar-refractivity contribution in [2.45, 2.75) is 116 Å². The Morgan fingerprint density at radius 3 is 1.94 bits per heavy atom. The van der Waals surface area contributed by atoms with Gasteiger partial charge in [-0.1, -0.05) is 45.9 Å². The van der Waals surface area contributed by atoms with Crippen LogP contribution in [0, 0.1) is 17.7 Å². The van der Waals surface area contributed by atoms with Crippen molar-refractivity contribution in [1.29, 1.82) is 0 Å². The molecule has 4 N–H and O–H groups in total. The molecule has 5 atom stereocenters. The number of fused-ring (bicyclic) bond motifs is 6. The van der Waals surface area contributed by atoms with E-state index in [0.717, 1.165) is 64.7 Å². The molecule has 17 nitrogen and oxygen atoms in total. The summed E-state index contributed by atoms with van der Waals surface area (Å²) < 4.78 is 42.2. The van der Waals surface area contributed by atoms with Crippen molar-refractivity contribution in [3.8, 4) is 45.3 Å². The Balaban J connectivity index is 0.992. The van der Waals surface area contributed by atoms with E-state index in [1.807, 2.05) is 68.7 Å². The van der Waals surface area contributed by atoms with E-state index in [9.17, 15) is 19.2 Å². The number of aromatic nitrogens is 5. The number of H-pyrrole nitrogens is 2. The lowest BCUT2D eigenvalue weighted by Gasteiger charge is -2.34. The lowest BCUT2D eigenvalue weighted by atomic mass is 9.93. The van der Waals surface area contributed by atoms with Crippen LogP contribution in [0.5, 0.6) is 11.5 Å². The van der Waals surface area contributed by atoms with Gasteiger partial charge in [-0.2, -0.15) is 0 Å². The zero-order chi connectivity index (χ0) is 50.7. The van der Waals surface area contributed by atoms with Gasteiger partial charge in [-0.3, -0.25) is 9.59 Å². The second-order valence-electron chi connectivity index (χ2n) is 20.7. The van der Waals surface area contributed by atoms with Crippen molar-refractivity contribution in [2.24, 2.45) is 11.8 Å². The minimum atomic E-state index is -0.782. The standard InChI is InChI=1S/C54H62FN9O8/c1-28(2)45(60-52(67)69-7)49(65)62-19-9-11-39(62)47-56-26-36(58-47)31-15-16-38-34(21-31)23-41-44-35(55)22-33(25-43(44)71-51(64(38)41)32-14-13-30-17-18-54(5,6)72-42(30)24-32)37-27-57-48(59-37)40-12-10-20-63(40)50(66)46(29(3)4)61-53(68)70-8/h13-16,21-29,39-40,45-46,51H,9-12,17-20H2,1-8H3,(H,56,58)(H,57,59)(H,60,67)(H,61,68)/t39-,40-,45-,46-,51?/m0/s1. The third-order valence-electron chi connectivity index (χ3n) is 14.7. The van der Waals surface area contributed by atoms with E-state index in [1.165, 1.54) is 20.3 Å². The van der Waals surface area contributed by atoms with Gasteiger partial charge in [0, 0.05) is 35.2 Å².